The average molecular weight is 385 g/mol. The Labute approximate surface area is 167 Å². The maximum atomic E-state index is 12.8. The average Bonchev–Trinajstić information content (AvgIpc) is 3.20. The molecule has 3 aromatic heterocycles. The summed E-state index contributed by atoms with van der Waals surface area (Å²) in [6.07, 6.45) is 3.39. The smallest absolute Gasteiger partial charge is 0.255 e. The molecule has 1 aliphatic heterocycles. The van der Waals surface area contributed by atoms with E-state index in [0.717, 1.165) is 33.4 Å². The summed E-state index contributed by atoms with van der Waals surface area (Å²) in [4.78, 5) is 17.8. The summed E-state index contributed by atoms with van der Waals surface area (Å²) in [7, 11) is 0. The van der Waals surface area contributed by atoms with E-state index in [-0.39, 0.29) is 11.8 Å². The Morgan fingerprint density at radius 3 is 2.90 bits per heavy atom. The number of aromatic amines is 1. The highest BCUT2D eigenvalue weighted by molar-refractivity contribution is 5.99. The van der Waals surface area contributed by atoms with Crippen LogP contribution >= 0.6 is 0 Å². The Balaban J connectivity index is 1.50. The largest absolute Gasteiger partial charge is 0.455 e. The predicted octanol–water partition coefficient (Wildman–Crippen LogP) is 3.82. The molecule has 1 aromatic carbocycles. The fourth-order valence-corrected chi connectivity index (χ4v) is 3.86. The Morgan fingerprint density at radius 2 is 2.10 bits per heavy atom. The van der Waals surface area contributed by atoms with E-state index >= 15 is 0 Å². The van der Waals surface area contributed by atoms with Gasteiger partial charge in [-0.2, -0.15) is 10.4 Å². The first-order chi connectivity index (χ1) is 14.0. The second kappa shape index (κ2) is 6.38. The molecule has 0 saturated carbocycles. The van der Waals surface area contributed by atoms with E-state index in [0.29, 0.717) is 24.4 Å². The third-order valence-electron chi connectivity index (χ3n) is 5.43. The van der Waals surface area contributed by atoms with Crippen molar-refractivity contribution in [3.05, 3.63) is 59.5 Å². The molecule has 1 saturated heterocycles. The van der Waals surface area contributed by atoms with Gasteiger partial charge in [-0.15, -0.1) is 0 Å². The van der Waals surface area contributed by atoms with E-state index in [1.54, 1.807) is 27.9 Å². The minimum Gasteiger partial charge on any atom is -0.455 e. The molecule has 4 heterocycles. The molecule has 5 rings (SSSR count). The second-order valence-corrected chi connectivity index (χ2v) is 7.50. The summed E-state index contributed by atoms with van der Waals surface area (Å²) in [5.74, 6) is 1.22. The van der Waals surface area contributed by atoms with Crippen LogP contribution in [0.2, 0.25) is 0 Å². The Bertz CT molecular complexity index is 1300. The topological polar surface area (TPSA) is 86.4 Å². The number of rotatable bonds is 3. The van der Waals surface area contributed by atoms with Gasteiger partial charge in [-0.05, 0) is 43.7 Å². The van der Waals surface area contributed by atoms with Crippen molar-refractivity contribution in [2.45, 2.75) is 13.8 Å². The van der Waals surface area contributed by atoms with Gasteiger partial charge in [0.2, 0.25) is 0 Å². The van der Waals surface area contributed by atoms with Crippen molar-refractivity contribution in [2.75, 3.05) is 13.1 Å². The molecule has 7 heteroatoms. The van der Waals surface area contributed by atoms with Crippen LogP contribution in [0.1, 0.15) is 21.6 Å². The van der Waals surface area contributed by atoms with Gasteiger partial charge in [-0.25, -0.2) is 4.52 Å². The molecule has 7 nitrogen and oxygen atoms in total. The molecule has 0 bridgehead atoms. The van der Waals surface area contributed by atoms with Gasteiger partial charge in [-0.1, -0.05) is 0 Å². The number of nitriles is 1. The molecule has 1 aliphatic rings. The van der Waals surface area contributed by atoms with Gasteiger partial charge in [0.05, 0.1) is 23.7 Å². The highest BCUT2D eigenvalue weighted by Crippen LogP contribution is 2.32. The first-order valence-corrected chi connectivity index (χ1v) is 9.46. The van der Waals surface area contributed by atoms with Gasteiger partial charge in [0.1, 0.15) is 11.3 Å². The van der Waals surface area contributed by atoms with Crippen molar-refractivity contribution in [1.82, 2.24) is 19.5 Å². The summed E-state index contributed by atoms with van der Waals surface area (Å²) < 4.78 is 7.85. The zero-order valence-corrected chi connectivity index (χ0v) is 16.1. The summed E-state index contributed by atoms with van der Waals surface area (Å²) in [6.45, 7) is 4.88. The van der Waals surface area contributed by atoms with Crippen molar-refractivity contribution in [1.29, 1.82) is 5.26 Å². The van der Waals surface area contributed by atoms with E-state index in [4.69, 9.17) is 10.00 Å². The number of hydrogen-bond acceptors (Lipinski definition) is 4. The van der Waals surface area contributed by atoms with E-state index in [2.05, 4.69) is 22.2 Å². The van der Waals surface area contributed by atoms with Crippen molar-refractivity contribution in [2.24, 2.45) is 5.92 Å². The molecule has 1 N–H and O–H groups in total. The van der Waals surface area contributed by atoms with Crippen LogP contribution in [0.15, 0.2) is 42.7 Å². The zero-order chi connectivity index (χ0) is 20.1. The van der Waals surface area contributed by atoms with Gasteiger partial charge < -0.3 is 14.6 Å². The lowest BCUT2D eigenvalue weighted by Gasteiger charge is -2.35. The maximum Gasteiger partial charge on any atom is 0.255 e. The lowest BCUT2D eigenvalue weighted by Crippen LogP contribution is -2.49. The number of carbonyl (C=O) groups excluding carboxylic acids is 1. The van der Waals surface area contributed by atoms with E-state index < -0.39 is 0 Å². The van der Waals surface area contributed by atoms with Gasteiger partial charge in [-0.3, -0.25) is 4.79 Å². The van der Waals surface area contributed by atoms with Crippen LogP contribution in [0, 0.1) is 31.1 Å². The maximum absolute atomic E-state index is 12.8. The Kier molecular flexibility index (Phi) is 3.81. The molecule has 0 spiro atoms. The monoisotopic (exact) mass is 385 g/mol. The molecule has 1 fully saturated rings. The summed E-state index contributed by atoms with van der Waals surface area (Å²) in [5.41, 5.74) is 4.32. The van der Waals surface area contributed by atoms with Crippen LogP contribution in [0.5, 0.6) is 11.5 Å². The quantitative estimate of drug-likeness (QED) is 0.581. The zero-order valence-electron chi connectivity index (χ0n) is 16.1. The number of nitrogens with one attached hydrogen (secondary N) is 1. The number of ether oxygens (including phenoxy) is 1. The van der Waals surface area contributed by atoms with E-state index in [1.165, 1.54) is 0 Å². The molecule has 0 aliphatic carbocycles. The minimum absolute atomic E-state index is 0.0692. The lowest BCUT2D eigenvalue weighted by molar-refractivity contribution is 0.0576. The van der Waals surface area contributed by atoms with Gasteiger partial charge in [0, 0.05) is 41.9 Å². The van der Waals surface area contributed by atoms with Crippen LogP contribution in [0.4, 0.5) is 0 Å². The number of aryl methyl sites for hydroxylation is 2. The molecule has 0 unspecified atom stereocenters. The highest BCUT2D eigenvalue weighted by Gasteiger charge is 2.32. The summed E-state index contributed by atoms with van der Waals surface area (Å²) in [6, 6.07) is 12.0. The number of carbonyl (C=O) groups is 1. The number of H-pyrrole nitrogens is 1. The number of benzene rings is 1. The summed E-state index contributed by atoms with van der Waals surface area (Å²) in [5, 5.41) is 14.4. The van der Waals surface area contributed by atoms with Gasteiger partial charge in [0.15, 0.2) is 5.75 Å². The first-order valence-electron chi connectivity index (χ1n) is 9.46. The van der Waals surface area contributed by atoms with Crippen LogP contribution in [-0.2, 0) is 0 Å². The molecule has 0 radical (unpaired) electrons. The molecule has 1 amide bonds. The first kappa shape index (κ1) is 17.3. The SMILES string of the molecule is Cc1cc2cc(Oc3ccnn4cc(C(=O)N5CC(C#N)C5)c(C)c34)ccc2[nH]1. The third-order valence-corrected chi connectivity index (χ3v) is 5.43. The molecule has 0 atom stereocenters. The second-order valence-electron chi connectivity index (χ2n) is 7.50. The van der Waals surface area contributed by atoms with Crippen molar-refractivity contribution < 1.29 is 9.53 Å². The number of fused-ring (bicyclic) bond motifs is 2. The fourth-order valence-electron chi connectivity index (χ4n) is 3.86. The molecule has 144 valence electrons. The lowest BCUT2D eigenvalue weighted by atomic mass is 10.0. The molecule has 29 heavy (non-hydrogen) atoms. The predicted molar refractivity (Wildman–Crippen MR) is 108 cm³/mol. The van der Waals surface area contributed by atoms with Crippen LogP contribution in [-0.4, -0.2) is 38.5 Å². The number of aromatic nitrogens is 3. The van der Waals surface area contributed by atoms with Crippen LogP contribution in [0.25, 0.3) is 16.4 Å². The number of hydrogen-bond donors (Lipinski definition) is 1. The van der Waals surface area contributed by atoms with Gasteiger partial charge >= 0.3 is 0 Å². The molecular formula is C22H19N5O2. The van der Waals surface area contributed by atoms with Crippen molar-refractivity contribution in [3.63, 3.8) is 0 Å². The number of nitrogens with zero attached hydrogens (tertiary/aromatic N) is 4. The Morgan fingerprint density at radius 1 is 1.28 bits per heavy atom. The fraction of sp³-hybridized carbons (Fsp3) is 0.227. The normalized spacial score (nSPS) is 14.2. The summed E-state index contributed by atoms with van der Waals surface area (Å²) >= 11 is 0. The third kappa shape index (κ3) is 2.81. The van der Waals surface area contributed by atoms with Crippen LogP contribution < -0.4 is 4.74 Å². The van der Waals surface area contributed by atoms with E-state index in [1.807, 2.05) is 32.0 Å². The highest BCUT2D eigenvalue weighted by atomic mass is 16.5. The van der Waals surface area contributed by atoms with Crippen molar-refractivity contribution >= 4 is 22.3 Å². The van der Waals surface area contributed by atoms with Gasteiger partial charge in [0.25, 0.3) is 5.91 Å². The Hall–Kier alpha value is -3.79. The molecule has 4 aromatic rings. The van der Waals surface area contributed by atoms with Crippen molar-refractivity contribution in [3.8, 4) is 17.6 Å². The number of likely N-dealkylation sites (tertiary alicyclic amines) is 1. The minimum atomic E-state index is -0.0744. The number of amides is 1. The van der Waals surface area contributed by atoms with E-state index in [9.17, 15) is 4.79 Å². The molecular weight excluding hydrogens is 366 g/mol. The standard InChI is InChI=1S/C22H19N5O2/c1-13-7-16-8-17(3-4-19(16)25-13)29-20-5-6-24-27-12-18(14(2)21(20)27)22(28)26-10-15(9-23)11-26/h3-8,12,15,25H,10-11H2,1-2H3. The van der Waals surface area contributed by atoms with Crippen LogP contribution in [0.3, 0.4) is 0 Å².